The molecule has 6 heteroatoms. The Bertz CT molecular complexity index is 745. The van der Waals surface area contributed by atoms with Crippen molar-refractivity contribution < 1.29 is 9.18 Å². The number of rotatable bonds is 5. The third-order valence-electron chi connectivity index (χ3n) is 4.60. The molecule has 2 aromatic rings. The van der Waals surface area contributed by atoms with Gasteiger partial charge in [-0.1, -0.05) is 40.2 Å². The lowest BCUT2D eigenvalue weighted by molar-refractivity contribution is -0.132. The van der Waals surface area contributed by atoms with Crippen LogP contribution in [0.25, 0.3) is 0 Å². The van der Waals surface area contributed by atoms with E-state index in [1.807, 2.05) is 39.9 Å². The SMILES string of the molecule is CN(CC(=O)N1CCN(c2ccccc2F)CC1)Cc1ccc(Br)cc1. The molecule has 138 valence electrons. The first-order valence-corrected chi connectivity index (χ1v) is 9.52. The van der Waals surface area contributed by atoms with E-state index in [-0.39, 0.29) is 11.7 Å². The maximum Gasteiger partial charge on any atom is 0.236 e. The Hall–Kier alpha value is -1.92. The minimum atomic E-state index is -0.207. The Morgan fingerprint density at radius 3 is 2.38 bits per heavy atom. The van der Waals surface area contributed by atoms with Gasteiger partial charge in [-0.15, -0.1) is 0 Å². The number of para-hydroxylation sites is 1. The summed E-state index contributed by atoms with van der Waals surface area (Å²) in [6, 6.07) is 14.9. The number of piperazine rings is 1. The maximum absolute atomic E-state index is 13.9. The van der Waals surface area contributed by atoms with Crippen molar-refractivity contribution >= 4 is 27.5 Å². The van der Waals surface area contributed by atoms with Crippen LogP contribution in [-0.4, -0.2) is 55.5 Å². The highest BCUT2D eigenvalue weighted by atomic mass is 79.9. The Morgan fingerprint density at radius 2 is 1.73 bits per heavy atom. The molecule has 1 saturated heterocycles. The molecule has 4 nitrogen and oxygen atoms in total. The molecule has 0 radical (unpaired) electrons. The van der Waals surface area contributed by atoms with Crippen molar-refractivity contribution in [2.45, 2.75) is 6.54 Å². The van der Waals surface area contributed by atoms with Gasteiger partial charge < -0.3 is 9.80 Å². The molecule has 2 aromatic carbocycles. The van der Waals surface area contributed by atoms with Gasteiger partial charge in [0.05, 0.1) is 12.2 Å². The van der Waals surface area contributed by atoms with Crippen molar-refractivity contribution in [3.8, 4) is 0 Å². The quantitative estimate of drug-likeness (QED) is 0.743. The number of carbonyl (C=O) groups excluding carboxylic acids is 1. The Morgan fingerprint density at radius 1 is 1.08 bits per heavy atom. The highest BCUT2D eigenvalue weighted by molar-refractivity contribution is 9.10. The van der Waals surface area contributed by atoms with Gasteiger partial charge in [-0.05, 0) is 36.9 Å². The standard InChI is InChI=1S/C20H23BrFN3O/c1-23(14-16-6-8-17(21)9-7-16)15-20(26)25-12-10-24(11-13-25)19-5-3-2-4-18(19)22/h2-9H,10-15H2,1H3. The number of nitrogens with zero attached hydrogens (tertiary/aromatic N) is 3. The topological polar surface area (TPSA) is 26.8 Å². The summed E-state index contributed by atoms with van der Waals surface area (Å²) in [6.07, 6.45) is 0. The number of hydrogen-bond acceptors (Lipinski definition) is 3. The molecular formula is C20H23BrFN3O. The highest BCUT2D eigenvalue weighted by Crippen LogP contribution is 2.20. The van der Waals surface area contributed by atoms with Crippen LogP contribution in [0, 0.1) is 5.82 Å². The van der Waals surface area contributed by atoms with Crippen LogP contribution >= 0.6 is 15.9 Å². The smallest absolute Gasteiger partial charge is 0.236 e. The van der Waals surface area contributed by atoms with E-state index in [2.05, 4.69) is 28.1 Å². The van der Waals surface area contributed by atoms with Crippen LogP contribution in [-0.2, 0) is 11.3 Å². The average molecular weight is 420 g/mol. The fraction of sp³-hybridized carbons (Fsp3) is 0.350. The summed E-state index contributed by atoms with van der Waals surface area (Å²) in [7, 11) is 1.95. The minimum Gasteiger partial charge on any atom is -0.366 e. The molecule has 0 N–H and O–H groups in total. The summed E-state index contributed by atoms with van der Waals surface area (Å²) < 4.78 is 15.0. The first-order chi connectivity index (χ1) is 12.5. The van der Waals surface area contributed by atoms with Crippen LogP contribution in [0.4, 0.5) is 10.1 Å². The van der Waals surface area contributed by atoms with Crippen molar-refractivity contribution in [3.63, 3.8) is 0 Å². The van der Waals surface area contributed by atoms with E-state index >= 15 is 0 Å². The Balaban J connectivity index is 1.49. The maximum atomic E-state index is 13.9. The molecule has 0 aliphatic carbocycles. The lowest BCUT2D eigenvalue weighted by atomic mass is 10.2. The predicted octanol–water partition coefficient (Wildman–Crippen LogP) is 3.37. The second kappa shape index (κ2) is 8.64. The molecule has 1 aliphatic rings. The van der Waals surface area contributed by atoms with Gasteiger partial charge in [0.2, 0.25) is 5.91 Å². The van der Waals surface area contributed by atoms with Crippen LogP contribution in [0.5, 0.6) is 0 Å². The summed E-state index contributed by atoms with van der Waals surface area (Å²) in [4.78, 5) is 18.4. The molecule has 0 aromatic heterocycles. The van der Waals surface area contributed by atoms with E-state index in [1.54, 1.807) is 12.1 Å². The first kappa shape index (κ1) is 18.9. The highest BCUT2D eigenvalue weighted by Gasteiger charge is 2.23. The molecule has 1 aliphatic heterocycles. The monoisotopic (exact) mass is 419 g/mol. The summed E-state index contributed by atoms with van der Waals surface area (Å²) in [5.74, 6) is -0.0840. The first-order valence-electron chi connectivity index (χ1n) is 8.73. The fourth-order valence-electron chi connectivity index (χ4n) is 3.19. The van der Waals surface area contributed by atoms with Gasteiger partial charge in [0.1, 0.15) is 5.82 Å². The number of halogens is 2. The molecular weight excluding hydrogens is 397 g/mol. The van der Waals surface area contributed by atoms with Gasteiger partial charge in [0, 0.05) is 37.2 Å². The van der Waals surface area contributed by atoms with Gasteiger partial charge >= 0.3 is 0 Å². The van der Waals surface area contributed by atoms with Crippen LogP contribution in [0.15, 0.2) is 53.0 Å². The van der Waals surface area contributed by atoms with Gasteiger partial charge in [-0.3, -0.25) is 9.69 Å². The Labute approximate surface area is 162 Å². The normalized spacial score (nSPS) is 14.8. The number of benzene rings is 2. The molecule has 0 atom stereocenters. The number of likely N-dealkylation sites (N-methyl/N-ethyl adjacent to an activating group) is 1. The van der Waals surface area contributed by atoms with Crippen molar-refractivity contribution in [2.24, 2.45) is 0 Å². The zero-order valence-electron chi connectivity index (χ0n) is 14.9. The lowest BCUT2D eigenvalue weighted by Crippen LogP contribution is -2.51. The Kier molecular flexibility index (Phi) is 6.27. The van der Waals surface area contributed by atoms with E-state index in [4.69, 9.17) is 0 Å². The van der Waals surface area contributed by atoms with Crippen molar-refractivity contribution in [2.75, 3.05) is 44.7 Å². The van der Waals surface area contributed by atoms with Crippen LogP contribution < -0.4 is 4.90 Å². The number of amides is 1. The van der Waals surface area contributed by atoms with Gasteiger partial charge in [0.15, 0.2) is 0 Å². The molecule has 0 saturated carbocycles. The molecule has 26 heavy (non-hydrogen) atoms. The lowest BCUT2D eigenvalue weighted by Gasteiger charge is -2.36. The van der Waals surface area contributed by atoms with E-state index in [0.29, 0.717) is 38.4 Å². The second-order valence-corrected chi connectivity index (χ2v) is 7.53. The molecule has 0 bridgehead atoms. The zero-order chi connectivity index (χ0) is 18.5. The second-order valence-electron chi connectivity index (χ2n) is 6.62. The summed E-state index contributed by atoms with van der Waals surface area (Å²) in [5, 5.41) is 0. The molecule has 0 unspecified atom stereocenters. The van der Waals surface area contributed by atoms with Gasteiger partial charge in [0.25, 0.3) is 0 Å². The number of hydrogen-bond donors (Lipinski definition) is 0. The summed E-state index contributed by atoms with van der Waals surface area (Å²) >= 11 is 3.43. The third kappa shape index (κ3) is 4.83. The molecule has 1 fully saturated rings. The largest absolute Gasteiger partial charge is 0.366 e. The average Bonchev–Trinajstić information content (AvgIpc) is 2.64. The van der Waals surface area contributed by atoms with Crippen molar-refractivity contribution in [1.82, 2.24) is 9.80 Å². The number of carbonyl (C=O) groups is 1. The number of anilines is 1. The van der Waals surface area contributed by atoms with Crippen LogP contribution in [0.2, 0.25) is 0 Å². The molecule has 1 amide bonds. The van der Waals surface area contributed by atoms with Crippen LogP contribution in [0.1, 0.15) is 5.56 Å². The zero-order valence-corrected chi connectivity index (χ0v) is 16.5. The van der Waals surface area contributed by atoms with E-state index in [1.165, 1.54) is 11.6 Å². The summed E-state index contributed by atoms with van der Waals surface area (Å²) in [6.45, 7) is 3.68. The fourth-order valence-corrected chi connectivity index (χ4v) is 3.46. The van der Waals surface area contributed by atoms with E-state index < -0.39 is 0 Å². The summed E-state index contributed by atoms with van der Waals surface area (Å²) in [5.41, 5.74) is 1.79. The molecule has 0 spiro atoms. The van der Waals surface area contributed by atoms with Crippen LogP contribution in [0.3, 0.4) is 0 Å². The van der Waals surface area contributed by atoms with Gasteiger partial charge in [-0.2, -0.15) is 0 Å². The predicted molar refractivity (Wildman–Crippen MR) is 106 cm³/mol. The van der Waals surface area contributed by atoms with Crippen molar-refractivity contribution in [3.05, 3.63) is 64.4 Å². The van der Waals surface area contributed by atoms with Gasteiger partial charge in [-0.25, -0.2) is 4.39 Å². The third-order valence-corrected chi connectivity index (χ3v) is 5.13. The molecule has 1 heterocycles. The van der Waals surface area contributed by atoms with E-state index in [0.717, 1.165) is 11.0 Å². The minimum absolute atomic E-state index is 0.123. The molecule has 3 rings (SSSR count). The van der Waals surface area contributed by atoms with E-state index in [9.17, 15) is 9.18 Å². The van der Waals surface area contributed by atoms with Crippen molar-refractivity contribution in [1.29, 1.82) is 0 Å².